The summed E-state index contributed by atoms with van der Waals surface area (Å²) in [5, 5.41) is 1.79. The third-order valence-electron chi connectivity index (χ3n) is 3.11. The minimum absolute atomic E-state index is 0.337. The third-order valence-corrected chi connectivity index (χ3v) is 4.06. The SMILES string of the molecule is Cc1cc(Cl)c(-n2c(N)nc3cc(Cl)ccc32)cc1Cl. The van der Waals surface area contributed by atoms with Gasteiger partial charge in [0.1, 0.15) is 0 Å². The van der Waals surface area contributed by atoms with Crippen molar-refractivity contribution in [3.8, 4) is 5.69 Å². The number of nitrogens with two attached hydrogens (primary N) is 1. The zero-order valence-electron chi connectivity index (χ0n) is 10.5. The van der Waals surface area contributed by atoms with E-state index in [1.165, 1.54) is 0 Å². The van der Waals surface area contributed by atoms with Crippen LogP contribution in [-0.2, 0) is 0 Å². The standard InChI is InChI=1S/C14H10Cl3N3/c1-7-4-10(17)13(6-9(7)16)20-12-3-2-8(15)5-11(12)19-14(20)18/h2-6H,1H3,(H2,18,19). The van der Waals surface area contributed by atoms with E-state index in [2.05, 4.69) is 4.98 Å². The molecular weight excluding hydrogens is 317 g/mol. The maximum absolute atomic E-state index is 6.31. The fraction of sp³-hybridized carbons (Fsp3) is 0.0714. The van der Waals surface area contributed by atoms with E-state index in [1.807, 2.05) is 13.0 Å². The van der Waals surface area contributed by atoms with Crippen molar-refractivity contribution in [1.29, 1.82) is 0 Å². The van der Waals surface area contributed by atoms with E-state index in [-0.39, 0.29) is 0 Å². The lowest BCUT2D eigenvalue weighted by Crippen LogP contribution is -2.01. The van der Waals surface area contributed by atoms with Crippen LogP contribution in [0.5, 0.6) is 0 Å². The second-order valence-electron chi connectivity index (χ2n) is 4.49. The summed E-state index contributed by atoms with van der Waals surface area (Å²) in [6, 6.07) is 8.98. The van der Waals surface area contributed by atoms with Crippen LogP contribution in [-0.4, -0.2) is 9.55 Å². The van der Waals surface area contributed by atoms with Gasteiger partial charge in [-0.05, 0) is 42.8 Å². The van der Waals surface area contributed by atoms with Crippen LogP contribution in [0.15, 0.2) is 30.3 Å². The molecule has 0 aliphatic carbocycles. The molecule has 0 fully saturated rings. The van der Waals surface area contributed by atoms with Crippen molar-refractivity contribution in [2.24, 2.45) is 0 Å². The van der Waals surface area contributed by atoms with Crippen molar-refractivity contribution in [3.05, 3.63) is 51.0 Å². The predicted molar refractivity (Wildman–Crippen MR) is 85.2 cm³/mol. The number of nitrogen functional groups attached to an aromatic ring is 1. The summed E-state index contributed by atoms with van der Waals surface area (Å²) in [5.41, 5.74) is 9.15. The van der Waals surface area contributed by atoms with E-state index in [0.29, 0.717) is 32.2 Å². The molecule has 1 heterocycles. The summed E-state index contributed by atoms with van der Waals surface area (Å²) in [6.07, 6.45) is 0. The summed E-state index contributed by atoms with van der Waals surface area (Å²) in [5.74, 6) is 0.337. The summed E-state index contributed by atoms with van der Waals surface area (Å²) >= 11 is 18.5. The van der Waals surface area contributed by atoms with Gasteiger partial charge >= 0.3 is 0 Å². The van der Waals surface area contributed by atoms with Crippen molar-refractivity contribution < 1.29 is 0 Å². The van der Waals surface area contributed by atoms with Gasteiger partial charge in [-0.15, -0.1) is 0 Å². The lowest BCUT2D eigenvalue weighted by molar-refractivity contribution is 1.11. The Morgan fingerprint density at radius 3 is 2.55 bits per heavy atom. The number of aryl methyl sites for hydroxylation is 1. The van der Waals surface area contributed by atoms with Gasteiger partial charge in [0.2, 0.25) is 5.95 Å². The largest absolute Gasteiger partial charge is 0.369 e. The number of fused-ring (bicyclic) bond motifs is 1. The highest BCUT2D eigenvalue weighted by Crippen LogP contribution is 2.32. The quantitative estimate of drug-likeness (QED) is 0.693. The number of hydrogen-bond donors (Lipinski definition) is 1. The highest BCUT2D eigenvalue weighted by Gasteiger charge is 2.14. The lowest BCUT2D eigenvalue weighted by Gasteiger charge is -2.11. The Labute approximate surface area is 130 Å². The van der Waals surface area contributed by atoms with Crippen LogP contribution in [0.3, 0.4) is 0 Å². The molecule has 0 unspecified atom stereocenters. The van der Waals surface area contributed by atoms with Gasteiger partial charge < -0.3 is 5.73 Å². The highest BCUT2D eigenvalue weighted by molar-refractivity contribution is 6.35. The molecule has 20 heavy (non-hydrogen) atoms. The van der Waals surface area contributed by atoms with Crippen LogP contribution in [0, 0.1) is 6.92 Å². The van der Waals surface area contributed by atoms with Crippen molar-refractivity contribution >= 4 is 51.8 Å². The first-order chi connectivity index (χ1) is 9.47. The van der Waals surface area contributed by atoms with E-state index >= 15 is 0 Å². The van der Waals surface area contributed by atoms with Gasteiger partial charge in [-0.3, -0.25) is 4.57 Å². The average Bonchev–Trinajstić information content (AvgIpc) is 2.69. The van der Waals surface area contributed by atoms with Gasteiger partial charge in [0.15, 0.2) is 0 Å². The van der Waals surface area contributed by atoms with E-state index in [0.717, 1.165) is 11.1 Å². The van der Waals surface area contributed by atoms with E-state index < -0.39 is 0 Å². The Morgan fingerprint density at radius 1 is 1.05 bits per heavy atom. The Morgan fingerprint density at radius 2 is 1.80 bits per heavy atom. The molecule has 2 N–H and O–H groups in total. The molecule has 0 bridgehead atoms. The van der Waals surface area contributed by atoms with Crippen LogP contribution in [0.4, 0.5) is 5.95 Å². The molecule has 2 aromatic carbocycles. The Balaban J connectivity index is 2.35. The second kappa shape index (κ2) is 4.85. The zero-order valence-corrected chi connectivity index (χ0v) is 12.8. The molecule has 0 saturated carbocycles. The molecule has 102 valence electrons. The number of anilines is 1. The van der Waals surface area contributed by atoms with Crippen molar-refractivity contribution in [3.63, 3.8) is 0 Å². The highest BCUT2D eigenvalue weighted by atomic mass is 35.5. The average molecular weight is 327 g/mol. The number of benzene rings is 2. The minimum Gasteiger partial charge on any atom is -0.369 e. The molecule has 0 aliphatic heterocycles. The zero-order chi connectivity index (χ0) is 14.4. The summed E-state index contributed by atoms with van der Waals surface area (Å²) in [4.78, 5) is 4.30. The Hall–Kier alpha value is -1.42. The molecular formula is C14H10Cl3N3. The van der Waals surface area contributed by atoms with E-state index in [4.69, 9.17) is 40.5 Å². The maximum Gasteiger partial charge on any atom is 0.205 e. The molecule has 6 heteroatoms. The smallest absolute Gasteiger partial charge is 0.205 e. The Bertz CT molecular complexity index is 824. The van der Waals surface area contributed by atoms with Gasteiger partial charge in [0, 0.05) is 10.0 Å². The van der Waals surface area contributed by atoms with Gasteiger partial charge in [-0.2, -0.15) is 0 Å². The summed E-state index contributed by atoms with van der Waals surface area (Å²) < 4.78 is 1.76. The van der Waals surface area contributed by atoms with Crippen LogP contribution in [0.2, 0.25) is 15.1 Å². The number of rotatable bonds is 1. The number of hydrogen-bond acceptors (Lipinski definition) is 2. The monoisotopic (exact) mass is 325 g/mol. The lowest BCUT2D eigenvalue weighted by atomic mass is 10.2. The first-order valence-electron chi connectivity index (χ1n) is 5.87. The molecule has 3 nitrogen and oxygen atoms in total. The number of halogens is 3. The van der Waals surface area contributed by atoms with Gasteiger partial charge in [0.25, 0.3) is 0 Å². The van der Waals surface area contributed by atoms with Crippen LogP contribution >= 0.6 is 34.8 Å². The van der Waals surface area contributed by atoms with E-state index in [1.54, 1.807) is 28.8 Å². The predicted octanol–water partition coefficient (Wildman–Crippen LogP) is 4.88. The molecule has 1 aromatic heterocycles. The number of aromatic nitrogens is 2. The van der Waals surface area contributed by atoms with Crippen molar-refractivity contribution in [2.45, 2.75) is 6.92 Å². The van der Waals surface area contributed by atoms with Crippen LogP contribution < -0.4 is 5.73 Å². The minimum atomic E-state index is 0.337. The summed E-state index contributed by atoms with van der Waals surface area (Å²) in [6.45, 7) is 1.90. The van der Waals surface area contributed by atoms with Gasteiger partial charge in [0.05, 0.1) is 21.7 Å². The van der Waals surface area contributed by atoms with Gasteiger partial charge in [-0.1, -0.05) is 34.8 Å². The first kappa shape index (κ1) is 13.6. The normalized spacial score (nSPS) is 11.2. The maximum atomic E-state index is 6.31. The van der Waals surface area contributed by atoms with E-state index in [9.17, 15) is 0 Å². The Kier molecular flexibility index (Phi) is 3.28. The third kappa shape index (κ3) is 2.12. The molecule has 0 aliphatic rings. The van der Waals surface area contributed by atoms with Crippen LogP contribution in [0.1, 0.15) is 5.56 Å². The number of nitrogens with zero attached hydrogens (tertiary/aromatic N) is 2. The van der Waals surface area contributed by atoms with Crippen molar-refractivity contribution in [2.75, 3.05) is 5.73 Å². The van der Waals surface area contributed by atoms with Gasteiger partial charge in [-0.25, -0.2) is 4.98 Å². The molecule has 0 saturated heterocycles. The van der Waals surface area contributed by atoms with Crippen molar-refractivity contribution in [1.82, 2.24) is 9.55 Å². The molecule has 0 atom stereocenters. The topological polar surface area (TPSA) is 43.8 Å². The fourth-order valence-electron chi connectivity index (χ4n) is 2.13. The second-order valence-corrected chi connectivity index (χ2v) is 5.74. The summed E-state index contributed by atoms with van der Waals surface area (Å²) in [7, 11) is 0. The first-order valence-corrected chi connectivity index (χ1v) is 7.00. The molecule has 3 rings (SSSR count). The molecule has 0 spiro atoms. The fourth-order valence-corrected chi connectivity index (χ4v) is 2.76. The molecule has 0 radical (unpaired) electrons. The number of imidazole rings is 1. The molecule has 0 amide bonds. The van der Waals surface area contributed by atoms with Crippen LogP contribution in [0.25, 0.3) is 16.7 Å². The molecule has 3 aromatic rings.